The van der Waals surface area contributed by atoms with Gasteiger partial charge in [-0.05, 0) is 67.8 Å². The second kappa shape index (κ2) is 17.0. The molecule has 0 bridgehead atoms. The van der Waals surface area contributed by atoms with Crippen LogP contribution in [0.15, 0.2) is 115 Å². The van der Waals surface area contributed by atoms with E-state index in [1.807, 2.05) is 127 Å². The first kappa shape index (κ1) is 37.5. The van der Waals surface area contributed by atoms with Crippen LogP contribution in [0.2, 0.25) is 0 Å². The van der Waals surface area contributed by atoms with Crippen molar-refractivity contribution < 1.29 is 29.7 Å². The molecule has 0 spiro atoms. The molecule has 1 aromatic heterocycles. The molecule has 0 atom stereocenters. The number of phenolic OH excluding ortho intramolecular Hbond substituents is 1. The lowest BCUT2D eigenvalue weighted by molar-refractivity contribution is -0.137. The van der Waals surface area contributed by atoms with Gasteiger partial charge in [-0.25, -0.2) is 4.98 Å². The van der Waals surface area contributed by atoms with Crippen LogP contribution in [0.5, 0.6) is 5.75 Å². The molecule has 0 unspecified atom stereocenters. The molecule has 1 heterocycles. The van der Waals surface area contributed by atoms with E-state index in [1.165, 1.54) is 0 Å². The molecule has 0 radical (unpaired) electrons. The number of hydrogen-bond acceptors (Lipinski definition) is 9. The largest absolute Gasteiger partial charge is 0.507 e. The van der Waals surface area contributed by atoms with Crippen LogP contribution in [0.3, 0.4) is 0 Å². The van der Waals surface area contributed by atoms with Gasteiger partial charge in [-0.1, -0.05) is 66.7 Å². The van der Waals surface area contributed by atoms with Gasteiger partial charge in [-0.2, -0.15) is 0 Å². The van der Waals surface area contributed by atoms with E-state index in [9.17, 15) is 29.7 Å². The van der Waals surface area contributed by atoms with Crippen LogP contribution in [0.1, 0.15) is 26.7 Å². The van der Waals surface area contributed by atoms with Crippen LogP contribution < -0.4 is 14.5 Å². The predicted octanol–water partition coefficient (Wildman–Crippen LogP) is 9.07. The first-order valence-corrected chi connectivity index (χ1v) is 18.5. The topological polar surface area (TPSA) is 148 Å². The van der Waals surface area contributed by atoms with Crippen LogP contribution in [-0.2, 0) is 9.59 Å². The summed E-state index contributed by atoms with van der Waals surface area (Å²) in [6, 6.07) is 35.6. The van der Waals surface area contributed by atoms with E-state index in [4.69, 9.17) is 4.98 Å². The van der Waals surface area contributed by atoms with Gasteiger partial charge in [-0.15, -0.1) is 0 Å². The van der Waals surface area contributed by atoms with Gasteiger partial charge in [0.2, 0.25) is 0 Å². The Hall–Kier alpha value is -6.27. The summed E-state index contributed by atoms with van der Waals surface area (Å²) in [5, 5.41) is 30.4. The molecule has 5 aromatic carbocycles. The van der Waals surface area contributed by atoms with Crippen LogP contribution in [0, 0.1) is 0 Å². The van der Waals surface area contributed by atoms with Crippen molar-refractivity contribution in [3.05, 3.63) is 115 Å². The molecule has 0 saturated carbocycles. The lowest BCUT2D eigenvalue weighted by Gasteiger charge is -2.23. The predicted molar refractivity (Wildman–Crippen MR) is 216 cm³/mol. The number of aromatic nitrogens is 2. The van der Waals surface area contributed by atoms with E-state index in [0.717, 1.165) is 40.0 Å². The van der Waals surface area contributed by atoms with Gasteiger partial charge in [0.25, 0.3) is 0 Å². The molecule has 0 aliphatic heterocycles. The Morgan fingerprint density at radius 1 is 0.685 bits per heavy atom. The Morgan fingerprint density at radius 3 is 1.78 bits per heavy atom. The van der Waals surface area contributed by atoms with E-state index < -0.39 is 11.9 Å². The highest BCUT2D eigenvalue weighted by Gasteiger charge is 2.27. The minimum atomic E-state index is -0.872. The normalized spacial score (nSPS) is 11.0. The highest BCUT2D eigenvalue weighted by molar-refractivity contribution is 8.14. The molecule has 12 heteroatoms. The average Bonchev–Trinajstić information content (AvgIpc) is 3.59. The van der Waals surface area contributed by atoms with Gasteiger partial charge in [-0.3, -0.25) is 19.0 Å². The monoisotopic (exact) mass is 743 g/mol. The number of phenols is 1. The summed E-state index contributed by atoms with van der Waals surface area (Å²) in [7, 11) is 0. The number of carboxylic acid groups (broad SMARTS) is 2. The Morgan fingerprint density at radius 2 is 1.22 bits per heavy atom. The SMILES string of the molecule is CCN(CCC(=O)O)c1ccc(-c2nc(-c3ccc(O)c4ccccc34)n(C(=O)SNc3ccccc3)c2-c2ccc(N(CC)CCC(=O)O)cc2)cc1. The number of nitrogens with zero attached hydrogens (tertiary/aromatic N) is 4. The number of fused-ring (bicyclic) bond motifs is 1. The number of aliphatic carboxylic acids is 2. The van der Waals surface area contributed by atoms with Crippen molar-refractivity contribution in [1.29, 1.82) is 0 Å². The summed E-state index contributed by atoms with van der Waals surface area (Å²) >= 11 is 0.922. The third kappa shape index (κ3) is 8.34. The number of para-hydroxylation sites is 1. The molecule has 54 heavy (non-hydrogen) atoms. The number of hydrogen-bond donors (Lipinski definition) is 4. The summed E-state index contributed by atoms with van der Waals surface area (Å²) < 4.78 is 4.78. The standard InChI is InChI=1S/C42H41N5O6S/c1-3-45(26-24-37(49)50)31-18-14-28(15-19-31)39-40(29-16-20-32(21-17-29)46(4-2)27-25-38(51)52)47(42(53)54-44-30-10-6-5-7-11-30)41(43-39)35-22-23-36(48)34-13-9-8-12-33(34)35/h5-23,44,48H,3-4,24-27H2,1-2H3,(H,49,50)(H,51,52). The molecular formula is C42H41N5O6S. The van der Waals surface area contributed by atoms with E-state index in [-0.39, 0.29) is 23.8 Å². The Bertz CT molecular complexity index is 2260. The van der Waals surface area contributed by atoms with Crippen molar-refractivity contribution in [3.8, 4) is 39.7 Å². The van der Waals surface area contributed by atoms with Crippen LogP contribution in [0.4, 0.5) is 21.9 Å². The molecular weight excluding hydrogens is 703 g/mol. The summed E-state index contributed by atoms with van der Waals surface area (Å²) in [5.74, 6) is -1.25. The summed E-state index contributed by atoms with van der Waals surface area (Å²) in [4.78, 5) is 46.4. The van der Waals surface area contributed by atoms with Crippen LogP contribution in [-0.4, -0.2) is 68.2 Å². The molecule has 0 amide bonds. The average molecular weight is 744 g/mol. The maximum Gasteiger partial charge on any atom is 0.312 e. The second-order valence-corrected chi connectivity index (χ2v) is 13.3. The van der Waals surface area contributed by atoms with E-state index in [2.05, 4.69) is 4.72 Å². The van der Waals surface area contributed by atoms with Gasteiger partial charge in [0.05, 0.1) is 24.2 Å². The molecule has 11 nitrogen and oxygen atoms in total. The molecule has 6 aromatic rings. The molecule has 6 rings (SSSR count). The van der Waals surface area contributed by atoms with Crippen molar-refractivity contribution in [2.75, 3.05) is 40.7 Å². The summed E-state index contributed by atoms with van der Waals surface area (Å²) in [5.41, 5.74) is 5.63. The van der Waals surface area contributed by atoms with E-state index >= 15 is 0 Å². The van der Waals surface area contributed by atoms with Crippen molar-refractivity contribution in [2.45, 2.75) is 26.7 Å². The smallest absolute Gasteiger partial charge is 0.312 e. The second-order valence-electron chi connectivity index (χ2n) is 12.5. The number of aromatic hydroxyl groups is 1. The lowest BCUT2D eigenvalue weighted by Crippen LogP contribution is -2.25. The zero-order chi connectivity index (χ0) is 38.2. The maximum atomic E-state index is 14.6. The van der Waals surface area contributed by atoms with Crippen molar-refractivity contribution in [2.24, 2.45) is 0 Å². The van der Waals surface area contributed by atoms with Crippen molar-refractivity contribution >= 4 is 57.0 Å². The van der Waals surface area contributed by atoms with E-state index in [1.54, 1.807) is 16.7 Å². The van der Waals surface area contributed by atoms with Gasteiger partial charge in [0.1, 0.15) is 11.6 Å². The third-order valence-corrected chi connectivity index (χ3v) is 9.89. The fourth-order valence-corrected chi connectivity index (χ4v) is 7.05. The number of rotatable bonds is 15. The first-order chi connectivity index (χ1) is 26.2. The highest BCUT2D eigenvalue weighted by Crippen LogP contribution is 2.41. The highest BCUT2D eigenvalue weighted by atomic mass is 32.2. The van der Waals surface area contributed by atoms with Crippen molar-refractivity contribution in [3.63, 3.8) is 0 Å². The summed E-state index contributed by atoms with van der Waals surface area (Å²) in [6.45, 7) is 5.89. The minimum absolute atomic E-state index is 0.00163. The van der Waals surface area contributed by atoms with E-state index in [0.29, 0.717) is 59.9 Å². The van der Waals surface area contributed by atoms with Crippen LogP contribution in [0.25, 0.3) is 44.7 Å². The molecule has 0 fully saturated rings. The van der Waals surface area contributed by atoms with Crippen LogP contribution >= 0.6 is 11.9 Å². The third-order valence-electron chi connectivity index (χ3n) is 9.20. The molecule has 0 saturated heterocycles. The molecule has 4 N–H and O–H groups in total. The Kier molecular flexibility index (Phi) is 11.8. The van der Waals surface area contributed by atoms with Gasteiger partial charge in [0, 0.05) is 77.3 Å². The zero-order valence-corrected chi connectivity index (χ0v) is 30.8. The van der Waals surface area contributed by atoms with Crippen molar-refractivity contribution in [1.82, 2.24) is 9.55 Å². The quantitative estimate of drug-likeness (QED) is 0.0747. The lowest BCUT2D eigenvalue weighted by atomic mass is 10.0. The number of benzene rings is 5. The molecule has 276 valence electrons. The Balaban J connectivity index is 1.55. The minimum Gasteiger partial charge on any atom is -0.507 e. The first-order valence-electron chi connectivity index (χ1n) is 17.7. The number of imidazole rings is 1. The fraction of sp³-hybridized carbons (Fsp3) is 0.190. The molecule has 0 aliphatic carbocycles. The Labute approximate surface area is 317 Å². The zero-order valence-electron chi connectivity index (χ0n) is 30.0. The fourth-order valence-electron chi connectivity index (χ4n) is 6.44. The number of carbonyl (C=O) groups is 3. The maximum absolute atomic E-state index is 14.6. The number of carbonyl (C=O) groups excluding carboxylic acids is 1. The summed E-state index contributed by atoms with van der Waals surface area (Å²) in [6.07, 6.45) is 0.00497. The number of anilines is 3. The van der Waals surface area contributed by atoms with Gasteiger partial charge >= 0.3 is 17.2 Å². The number of carboxylic acids is 2. The van der Waals surface area contributed by atoms with Gasteiger partial charge < -0.3 is 29.8 Å². The van der Waals surface area contributed by atoms with Gasteiger partial charge in [0.15, 0.2) is 0 Å². The molecule has 0 aliphatic rings. The number of nitrogens with one attached hydrogen (secondary N) is 1.